The summed E-state index contributed by atoms with van der Waals surface area (Å²) in [4.78, 5) is 26.2. The largest absolute Gasteiger partial charge is 0.460 e. The van der Waals surface area contributed by atoms with E-state index in [0.29, 0.717) is 59.0 Å². The first-order valence-electron chi connectivity index (χ1n) is 10.8. The van der Waals surface area contributed by atoms with Gasteiger partial charge in [0.25, 0.3) is 5.91 Å². The minimum atomic E-state index is -0.862. The molecule has 0 bridgehead atoms. The lowest BCUT2D eigenvalue weighted by Gasteiger charge is -2.18. The fourth-order valence-electron chi connectivity index (χ4n) is 4.60. The summed E-state index contributed by atoms with van der Waals surface area (Å²) in [5.74, 6) is 1.58. The Kier molecular flexibility index (Phi) is 4.79. The Bertz CT molecular complexity index is 1430. The van der Waals surface area contributed by atoms with E-state index in [4.69, 9.17) is 9.15 Å². The molecule has 8 nitrogen and oxygen atoms in total. The fourth-order valence-corrected chi connectivity index (χ4v) is 4.60. The van der Waals surface area contributed by atoms with Gasteiger partial charge in [-0.3, -0.25) is 9.59 Å². The van der Waals surface area contributed by atoms with Crippen molar-refractivity contribution in [3.05, 3.63) is 58.6 Å². The maximum atomic E-state index is 13.2. The molecule has 1 N–H and O–H groups in total. The Morgan fingerprint density at radius 3 is 2.70 bits per heavy atom. The highest BCUT2D eigenvalue weighted by Gasteiger charge is 2.35. The van der Waals surface area contributed by atoms with Crippen LogP contribution >= 0.6 is 0 Å². The normalized spacial score (nSPS) is 18.4. The van der Waals surface area contributed by atoms with Crippen LogP contribution in [-0.2, 0) is 0 Å². The van der Waals surface area contributed by atoms with Crippen molar-refractivity contribution in [1.82, 2.24) is 14.5 Å². The van der Waals surface area contributed by atoms with Crippen molar-refractivity contribution in [3.63, 3.8) is 0 Å². The van der Waals surface area contributed by atoms with Gasteiger partial charge in [-0.1, -0.05) is 0 Å². The summed E-state index contributed by atoms with van der Waals surface area (Å²) in [5.41, 5.74) is 3.04. The van der Waals surface area contributed by atoms with Gasteiger partial charge < -0.3 is 19.2 Å². The minimum Gasteiger partial charge on any atom is -0.460 e. The van der Waals surface area contributed by atoms with Crippen LogP contribution in [0.25, 0.3) is 16.5 Å². The molecule has 0 radical (unpaired) electrons. The van der Waals surface area contributed by atoms with Gasteiger partial charge in [0.1, 0.15) is 22.6 Å². The van der Waals surface area contributed by atoms with Gasteiger partial charge in [0.05, 0.1) is 22.9 Å². The number of aliphatic hydroxyl groups is 1. The molecule has 0 spiro atoms. The molecular formula is C25H25N3O5. The highest BCUT2D eigenvalue weighted by atomic mass is 16.5. The topological polar surface area (TPSA) is 97.3 Å². The average Bonchev–Trinajstić information content (AvgIpc) is 3.42. The van der Waals surface area contributed by atoms with Crippen molar-refractivity contribution in [2.45, 2.75) is 39.7 Å². The molecule has 0 aliphatic carbocycles. The third kappa shape index (κ3) is 3.38. The van der Waals surface area contributed by atoms with Crippen molar-refractivity contribution < 1.29 is 23.8 Å². The predicted octanol–water partition coefficient (Wildman–Crippen LogP) is 4.21. The standard InChI is InChI=1S/C25H25N3O5/c1-14-18(24(30)27-10-8-25(4,31)13-27)11-28-22(14)21(7-9-26-28)33-20-6-5-17-19(12-29)16(3)32-23(17)15(20)2/h5-7,9,11-12,31H,8,10,13H2,1-4H3. The number of aryl methyl sites for hydroxylation is 3. The number of hydrogen-bond donors (Lipinski definition) is 1. The number of nitrogens with zero attached hydrogens (tertiary/aromatic N) is 3. The van der Waals surface area contributed by atoms with E-state index in [1.54, 1.807) is 41.7 Å². The number of likely N-dealkylation sites (tertiary alicyclic amines) is 1. The zero-order valence-corrected chi connectivity index (χ0v) is 19.0. The molecule has 1 saturated heterocycles. The van der Waals surface area contributed by atoms with Crippen LogP contribution in [0, 0.1) is 20.8 Å². The van der Waals surface area contributed by atoms with E-state index in [-0.39, 0.29) is 5.91 Å². The molecule has 3 aromatic heterocycles. The van der Waals surface area contributed by atoms with Gasteiger partial charge in [-0.15, -0.1) is 0 Å². The summed E-state index contributed by atoms with van der Waals surface area (Å²) < 4.78 is 13.7. The van der Waals surface area contributed by atoms with Crippen LogP contribution in [0.5, 0.6) is 11.5 Å². The SMILES string of the molecule is Cc1oc2c(C)c(Oc3ccnn4cc(C(=O)N5CCC(C)(O)C5)c(C)c34)ccc2c1C=O. The van der Waals surface area contributed by atoms with Gasteiger partial charge in [-0.2, -0.15) is 5.10 Å². The molecule has 1 amide bonds. The number of fused-ring (bicyclic) bond motifs is 2. The first-order valence-corrected chi connectivity index (χ1v) is 10.8. The van der Waals surface area contributed by atoms with E-state index in [0.717, 1.165) is 22.8 Å². The third-order valence-corrected chi connectivity index (χ3v) is 6.48. The molecule has 1 atom stereocenters. The number of amides is 1. The molecule has 33 heavy (non-hydrogen) atoms. The molecule has 1 aromatic carbocycles. The number of carbonyl (C=O) groups is 2. The Labute approximate surface area is 190 Å². The summed E-state index contributed by atoms with van der Waals surface area (Å²) in [6.45, 7) is 8.07. The molecule has 1 aliphatic rings. The number of aldehydes is 1. The highest BCUT2D eigenvalue weighted by Crippen LogP contribution is 2.37. The Morgan fingerprint density at radius 1 is 1.21 bits per heavy atom. The number of furan rings is 1. The number of carbonyl (C=O) groups excluding carboxylic acids is 2. The van der Waals surface area contributed by atoms with Gasteiger partial charge in [0.15, 0.2) is 12.0 Å². The monoisotopic (exact) mass is 447 g/mol. The number of ether oxygens (including phenoxy) is 1. The molecule has 1 unspecified atom stereocenters. The Hall–Kier alpha value is -3.65. The van der Waals surface area contributed by atoms with Crippen LogP contribution in [0.3, 0.4) is 0 Å². The van der Waals surface area contributed by atoms with Gasteiger partial charge in [0.2, 0.25) is 0 Å². The molecule has 1 aliphatic heterocycles. The summed E-state index contributed by atoms with van der Waals surface area (Å²) in [5, 5.41) is 15.4. The zero-order valence-electron chi connectivity index (χ0n) is 19.0. The summed E-state index contributed by atoms with van der Waals surface area (Å²) in [6, 6.07) is 5.38. The van der Waals surface area contributed by atoms with Crippen molar-refractivity contribution in [2.75, 3.05) is 13.1 Å². The van der Waals surface area contributed by atoms with E-state index in [1.807, 2.05) is 26.0 Å². The molecular weight excluding hydrogens is 422 g/mol. The third-order valence-electron chi connectivity index (χ3n) is 6.48. The number of β-amino-alcohol motifs (C(OH)–C–C–N with tert-alkyl or cyclic N) is 1. The fraction of sp³-hybridized carbons (Fsp3) is 0.320. The predicted molar refractivity (Wildman–Crippen MR) is 122 cm³/mol. The Balaban J connectivity index is 1.54. The number of rotatable bonds is 4. The molecule has 4 aromatic rings. The maximum absolute atomic E-state index is 13.2. The molecule has 1 fully saturated rings. The lowest BCUT2D eigenvalue weighted by molar-refractivity contribution is 0.0572. The van der Waals surface area contributed by atoms with Crippen LogP contribution in [0.15, 0.2) is 35.0 Å². The minimum absolute atomic E-state index is 0.133. The summed E-state index contributed by atoms with van der Waals surface area (Å²) in [6.07, 6.45) is 4.68. The van der Waals surface area contributed by atoms with Gasteiger partial charge >= 0.3 is 0 Å². The smallest absolute Gasteiger partial charge is 0.255 e. The lowest BCUT2D eigenvalue weighted by atomic mass is 10.1. The Morgan fingerprint density at radius 2 is 2.00 bits per heavy atom. The molecule has 5 rings (SSSR count). The van der Waals surface area contributed by atoms with Crippen molar-refractivity contribution in [1.29, 1.82) is 0 Å². The first kappa shape index (κ1) is 21.2. The van der Waals surface area contributed by atoms with Crippen molar-refractivity contribution in [2.24, 2.45) is 0 Å². The van der Waals surface area contributed by atoms with Gasteiger partial charge in [-0.25, -0.2) is 4.52 Å². The number of benzene rings is 1. The second kappa shape index (κ2) is 7.45. The van der Waals surface area contributed by atoms with E-state index in [9.17, 15) is 14.7 Å². The second-order valence-electron chi connectivity index (χ2n) is 8.99. The zero-order chi connectivity index (χ0) is 23.5. The van der Waals surface area contributed by atoms with Crippen LogP contribution in [0.2, 0.25) is 0 Å². The highest BCUT2D eigenvalue weighted by molar-refractivity contribution is 6.00. The average molecular weight is 447 g/mol. The van der Waals surface area contributed by atoms with E-state index in [1.165, 1.54) is 0 Å². The van der Waals surface area contributed by atoms with E-state index in [2.05, 4.69) is 5.10 Å². The van der Waals surface area contributed by atoms with Gasteiger partial charge in [-0.05, 0) is 51.8 Å². The van der Waals surface area contributed by atoms with E-state index >= 15 is 0 Å². The van der Waals surface area contributed by atoms with Crippen LogP contribution < -0.4 is 4.74 Å². The van der Waals surface area contributed by atoms with Crippen molar-refractivity contribution >= 4 is 28.7 Å². The van der Waals surface area contributed by atoms with Crippen LogP contribution in [0.1, 0.15) is 50.9 Å². The van der Waals surface area contributed by atoms with Crippen LogP contribution in [0.4, 0.5) is 0 Å². The first-order chi connectivity index (χ1) is 15.7. The summed E-state index contributed by atoms with van der Waals surface area (Å²) in [7, 11) is 0. The van der Waals surface area contributed by atoms with E-state index < -0.39 is 5.60 Å². The molecule has 8 heteroatoms. The summed E-state index contributed by atoms with van der Waals surface area (Å²) >= 11 is 0. The molecule has 0 saturated carbocycles. The van der Waals surface area contributed by atoms with Crippen molar-refractivity contribution in [3.8, 4) is 11.5 Å². The lowest BCUT2D eigenvalue weighted by Crippen LogP contribution is -2.34. The molecule has 170 valence electrons. The van der Waals surface area contributed by atoms with Gasteiger partial charge in [0, 0.05) is 36.3 Å². The molecule has 4 heterocycles. The second-order valence-corrected chi connectivity index (χ2v) is 8.99. The maximum Gasteiger partial charge on any atom is 0.255 e. The quantitative estimate of drug-likeness (QED) is 0.471. The number of aromatic nitrogens is 2. The van der Waals surface area contributed by atoms with Crippen LogP contribution in [-0.4, -0.2) is 50.5 Å². The number of hydrogen-bond acceptors (Lipinski definition) is 6.